The smallest absolute Gasteiger partial charge is 0.0761 e. The van der Waals surface area contributed by atoms with E-state index in [0.717, 1.165) is 12.2 Å². The van der Waals surface area contributed by atoms with E-state index in [1.54, 1.807) is 0 Å². The van der Waals surface area contributed by atoms with Gasteiger partial charge in [0.25, 0.3) is 0 Å². The largest absolute Gasteiger partial charge is 0.375 e. The molecule has 0 spiro atoms. The third-order valence-electron chi connectivity index (χ3n) is 1.04. The van der Waals surface area contributed by atoms with Crippen molar-refractivity contribution in [2.45, 2.75) is 0 Å². The Morgan fingerprint density at radius 2 is 2.78 bits per heavy atom. The highest BCUT2D eigenvalue weighted by Crippen LogP contribution is 1.86. The zero-order valence-corrected chi connectivity index (χ0v) is 5.07. The fraction of sp³-hybridized carbons (Fsp3) is 0.333. The Morgan fingerprint density at radius 1 is 1.89 bits per heavy atom. The Kier molecular flexibility index (Phi) is 2.00. The van der Waals surface area contributed by atoms with E-state index in [1.165, 1.54) is 0 Å². The Balaban J connectivity index is 2.20. The molecule has 0 aromatic rings. The molecule has 0 bridgehead atoms. The molecular weight excluding hydrogens is 114 g/mol. The lowest BCUT2D eigenvalue weighted by molar-refractivity contribution is 0.709. The molecule has 48 valence electrons. The predicted molar refractivity (Wildman–Crippen MR) is 36.1 cm³/mol. The Hall–Kier alpha value is -1.14. The molecule has 3 N–H and O–H groups in total. The maximum Gasteiger partial charge on any atom is 0.0761 e. The van der Waals surface area contributed by atoms with E-state index >= 15 is 0 Å². The van der Waals surface area contributed by atoms with Crippen molar-refractivity contribution >= 4 is 0 Å². The standard InChI is InChI=1S/C6H9N3/c1-2-3-7-6-4-8-9-5-6/h1,4,7-9H,3,5H2. The van der Waals surface area contributed by atoms with Gasteiger partial charge in [-0.25, -0.2) is 5.43 Å². The number of hydrogen-bond acceptors (Lipinski definition) is 3. The minimum Gasteiger partial charge on any atom is -0.375 e. The maximum atomic E-state index is 5.03. The molecule has 0 saturated heterocycles. The van der Waals surface area contributed by atoms with Crippen LogP contribution in [0.5, 0.6) is 0 Å². The summed E-state index contributed by atoms with van der Waals surface area (Å²) in [5.74, 6) is 2.49. The monoisotopic (exact) mass is 123 g/mol. The molecule has 1 heterocycles. The van der Waals surface area contributed by atoms with Crippen LogP contribution in [0.2, 0.25) is 0 Å². The molecule has 0 unspecified atom stereocenters. The molecule has 0 aromatic heterocycles. The summed E-state index contributed by atoms with van der Waals surface area (Å²) in [5, 5.41) is 3.03. The van der Waals surface area contributed by atoms with E-state index in [4.69, 9.17) is 6.42 Å². The second-order valence-corrected chi connectivity index (χ2v) is 1.73. The zero-order valence-electron chi connectivity index (χ0n) is 5.07. The van der Waals surface area contributed by atoms with Crippen molar-refractivity contribution in [2.24, 2.45) is 0 Å². The molecule has 1 aliphatic heterocycles. The number of hydrogen-bond donors (Lipinski definition) is 3. The fourth-order valence-corrected chi connectivity index (χ4v) is 0.614. The minimum absolute atomic E-state index is 0.592. The van der Waals surface area contributed by atoms with Gasteiger partial charge in [-0.2, -0.15) is 0 Å². The first-order valence-corrected chi connectivity index (χ1v) is 2.78. The van der Waals surface area contributed by atoms with E-state index in [0.29, 0.717) is 6.54 Å². The van der Waals surface area contributed by atoms with Crippen LogP contribution in [0, 0.1) is 12.3 Å². The van der Waals surface area contributed by atoms with Gasteiger partial charge in [-0.3, -0.25) is 0 Å². The summed E-state index contributed by atoms with van der Waals surface area (Å²) in [6.07, 6.45) is 6.88. The molecule has 0 atom stereocenters. The van der Waals surface area contributed by atoms with Crippen molar-refractivity contribution in [3.8, 4) is 12.3 Å². The second-order valence-electron chi connectivity index (χ2n) is 1.73. The first-order valence-electron chi connectivity index (χ1n) is 2.78. The molecule has 1 rings (SSSR count). The van der Waals surface area contributed by atoms with Crippen molar-refractivity contribution in [3.05, 3.63) is 11.9 Å². The summed E-state index contributed by atoms with van der Waals surface area (Å²) in [5.41, 5.74) is 6.85. The van der Waals surface area contributed by atoms with E-state index in [9.17, 15) is 0 Å². The Morgan fingerprint density at radius 3 is 3.33 bits per heavy atom. The quantitative estimate of drug-likeness (QED) is 0.419. The highest BCUT2D eigenvalue weighted by Gasteiger charge is 1.98. The van der Waals surface area contributed by atoms with Gasteiger partial charge >= 0.3 is 0 Å². The SMILES string of the molecule is C#CCNC1=CNNC1. The van der Waals surface area contributed by atoms with Gasteiger partial charge in [-0.15, -0.1) is 6.42 Å². The summed E-state index contributed by atoms with van der Waals surface area (Å²) in [4.78, 5) is 0. The summed E-state index contributed by atoms with van der Waals surface area (Å²) >= 11 is 0. The molecule has 3 nitrogen and oxygen atoms in total. The molecule has 0 saturated carbocycles. The minimum atomic E-state index is 0.592. The van der Waals surface area contributed by atoms with E-state index in [2.05, 4.69) is 22.1 Å². The van der Waals surface area contributed by atoms with Gasteiger partial charge in [0.1, 0.15) is 0 Å². The third kappa shape index (κ3) is 1.67. The van der Waals surface area contributed by atoms with E-state index in [-0.39, 0.29) is 0 Å². The first-order chi connectivity index (χ1) is 4.43. The van der Waals surface area contributed by atoms with Gasteiger partial charge in [0.2, 0.25) is 0 Å². The number of nitrogens with one attached hydrogen (secondary N) is 3. The number of rotatable bonds is 2. The van der Waals surface area contributed by atoms with Crippen LogP contribution in [0.4, 0.5) is 0 Å². The van der Waals surface area contributed by atoms with Gasteiger partial charge in [0.15, 0.2) is 0 Å². The van der Waals surface area contributed by atoms with Crippen LogP contribution < -0.4 is 16.2 Å². The van der Waals surface area contributed by atoms with Gasteiger partial charge in [-0.1, -0.05) is 5.92 Å². The van der Waals surface area contributed by atoms with Crippen molar-refractivity contribution in [1.82, 2.24) is 16.2 Å². The molecule has 0 amide bonds. The average molecular weight is 123 g/mol. The highest BCUT2D eigenvalue weighted by atomic mass is 15.4. The summed E-state index contributed by atoms with van der Waals surface area (Å²) < 4.78 is 0. The second kappa shape index (κ2) is 3.00. The molecule has 0 fully saturated rings. The third-order valence-corrected chi connectivity index (χ3v) is 1.04. The first kappa shape index (κ1) is 5.99. The number of hydrazine groups is 1. The summed E-state index contributed by atoms with van der Waals surface area (Å²) in [6, 6.07) is 0. The Labute approximate surface area is 54.5 Å². The highest BCUT2D eigenvalue weighted by molar-refractivity contribution is 5.06. The van der Waals surface area contributed by atoms with Crippen LogP contribution in [0.1, 0.15) is 0 Å². The summed E-state index contributed by atoms with van der Waals surface area (Å²) in [7, 11) is 0. The van der Waals surface area contributed by atoms with Crippen LogP contribution in [0.3, 0.4) is 0 Å². The van der Waals surface area contributed by atoms with Crippen molar-refractivity contribution < 1.29 is 0 Å². The van der Waals surface area contributed by atoms with Gasteiger partial charge in [0.05, 0.1) is 13.1 Å². The zero-order chi connectivity index (χ0) is 6.53. The predicted octanol–water partition coefficient (Wildman–Crippen LogP) is -0.842. The van der Waals surface area contributed by atoms with Crippen LogP contribution in [-0.2, 0) is 0 Å². The van der Waals surface area contributed by atoms with Crippen molar-refractivity contribution in [3.63, 3.8) is 0 Å². The maximum absolute atomic E-state index is 5.03. The van der Waals surface area contributed by atoms with E-state index in [1.807, 2.05) is 6.20 Å². The van der Waals surface area contributed by atoms with Crippen molar-refractivity contribution in [1.29, 1.82) is 0 Å². The van der Waals surface area contributed by atoms with Gasteiger partial charge in [-0.05, 0) is 0 Å². The van der Waals surface area contributed by atoms with Gasteiger partial charge < -0.3 is 10.7 Å². The molecule has 9 heavy (non-hydrogen) atoms. The Bertz CT molecular complexity index is 154. The van der Waals surface area contributed by atoms with Crippen LogP contribution in [-0.4, -0.2) is 13.1 Å². The fourth-order valence-electron chi connectivity index (χ4n) is 0.614. The molecule has 0 radical (unpaired) electrons. The average Bonchev–Trinajstić information content (AvgIpc) is 2.34. The molecule has 1 aliphatic rings. The van der Waals surface area contributed by atoms with Crippen molar-refractivity contribution in [2.75, 3.05) is 13.1 Å². The molecule has 3 heteroatoms. The van der Waals surface area contributed by atoms with Crippen LogP contribution in [0.15, 0.2) is 11.9 Å². The van der Waals surface area contributed by atoms with E-state index < -0.39 is 0 Å². The lowest BCUT2D eigenvalue weighted by atomic mass is 10.5. The van der Waals surface area contributed by atoms with Crippen LogP contribution in [0.25, 0.3) is 0 Å². The van der Waals surface area contributed by atoms with Crippen LogP contribution >= 0.6 is 0 Å². The summed E-state index contributed by atoms with van der Waals surface area (Å²) in [6.45, 7) is 1.41. The normalized spacial score (nSPS) is 15.7. The van der Waals surface area contributed by atoms with Gasteiger partial charge in [0, 0.05) is 11.9 Å². The lowest BCUT2D eigenvalue weighted by Gasteiger charge is -1.98. The topological polar surface area (TPSA) is 36.1 Å². The lowest BCUT2D eigenvalue weighted by Crippen LogP contribution is -2.23. The molecule has 0 aliphatic carbocycles. The molecular formula is C6H9N3. The number of terminal acetylenes is 1. The molecule has 0 aromatic carbocycles.